The third kappa shape index (κ3) is 3.73. The summed E-state index contributed by atoms with van der Waals surface area (Å²) in [6, 6.07) is 1.90. The Kier molecular flexibility index (Phi) is 4.81. The summed E-state index contributed by atoms with van der Waals surface area (Å²) < 4.78 is 4.84. The highest BCUT2D eigenvalue weighted by Crippen LogP contribution is 2.07. The van der Waals surface area contributed by atoms with Crippen molar-refractivity contribution in [3.63, 3.8) is 0 Å². The van der Waals surface area contributed by atoms with Crippen LogP contribution in [0.1, 0.15) is 5.69 Å². The Bertz CT molecular complexity index is 440. The molecule has 2 heterocycles. The summed E-state index contributed by atoms with van der Waals surface area (Å²) in [6.07, 6.45) is 6.86. The van der Waals surface area contributed by atoms with Gasteiger partial charge in [0.1, 0.15) is 6.26 Å². The van der Waals surface area contributed by atoms with E-state index in [1.165, 1.54) is 0 Å². The summed E-state index contributed by atoms with van der Waals surface area (Å²) in [5.41, 5.74) is 0.975. The Hall–Kier alpha value is -2.00. The van der Waals surface area contributed by atoms with Crippen LogP contribution in [-0.2, 0) is 6.54 Å². The number of guanidine groups is 1. The lowest BCUT2D eigenvalue weighted by Gasteiger charge is -2.35. The van der Waals surface area contributed by atoms with Gasteiger partial charge >= 0.3 is 0 Å². The first-order valence-corrected chi connectivity index (χ1v) is 6.34. The van der Waals surface area contributed by atoms with E-state index >= 15 is 0 Å². The third-order valence-electron chi connectivity index (χ3n) is 3.11. The molecule has 1 aliphatic rings. The molecule has 1 aromatic rings. The Morgan fingerprint density at radius 2 is 2.32 bits per heavy atom. The van der Waals surface area contributed by atoms with Gasteiger partial charge in [-0.15, -0.1) is 6.42 Å². The molecule has 1 aliphatic heterocycles. The molecule has 102 valence electrons. The minimum Gasteiger partial charge on any atom is -0.364 e. The molecule has 0 bridgehead atoms. The number of aromatic nitrogens is 1. The minimum atomic E-state index is 0.506. The average Bonchev–Trinajstić information content (AvgIpc) is 2.94. The van der Waals surface area contributed by atoms with Crippen LogP contribution in [0.2, 0.25) is 0 Å². The lowest BCUT2D eigenvalue weighted by Crippen LogP contribution is -2.52. The predicted molar refractivity (Wildman–Crippen MR) is 73.5 cm³/mol. The van der Waals surface area contributed by atoms with E-state index in [1.807, 2.05) is 6.07 Å². The number of hydrogen-bond donors (Lipinski definition) is 1. The molecule has 0 amide bonds. The number of piperazine rings is 1. The van der Waals surface area contributed by atoms with E-state index < -0.39 is 0 Å². The van der Waals surface area contributed by atoms with Crippen molar-refractivity contribution in [2.24, 2.45) is 4.99 Å². The molecule has 0 radical (unpaired) electrons. The second kappa shape index (κ2) is 6.81. The van der Waals surface area contributed by atoms with Crippen molar-refractivity contribution in [2.45, 2.75) is 6.54 Å². The van der Waals surface area contributed by atoms with E-state index in [0.29, 0.717) is 6.54 Å². The predicted octanol–water partition coefficient (Wildman–Crippen LogP) is 0.000800. The van der Waals surface area contributed by atoms with E-state index in [9.17, 15) is 0 Å². The van der Waals surface area contributed by atoms with Crippen LogP contribution in [0.5, 0.6) is 0 Å². The second-order valence-electron chi connectivity index (χ2n) is 4.36. The van der Waals surface area contributed by atoms with Gasteiger partial charge in [0, 0.05) is 45.8 Å². The maximum Gasteiger partial charge on any atom is 0.194 e. The smallest absolute Gasteiger partial charge is 0.194 e. The average molecular weight is 261 g/mol. The number of aliphatic imine (C=N–C) groups is 1. The van der Waals surface area contributed by atoms with E-state index in [4.69, 9.17) is 10.9 Å². The fourth-order valence-electron chi connectivity index (χ4n) is 2.13. The minimum absolute atomic E-state index is 0.506. The van der Waals surface area contributed by atoms with Crippen LogP contribution in [0.15, 0.2) is 21.8 Å². The van der Waals surface area contributed by atoms with Crippen LogP contribution in [0.4, 0.5) is 0 Å². The highest BCUT2D eigenvalue weighted by Gasteiger charge is 2.19. The van der Waals surface area contributed by atoms with Gasteiger partial charge in [0.05, 0.1) is 12.2 Å². The van der Waals surface area contributed by atoms with Gasteiger partial charge in [-0.25, -0.2) is 0 Å². The van der Waals surface area contributed by atoms with Gasteiger partial charge in [-0.1, -0.05) is 11.1 Å². The maximum atomic E-state index is 5.25. The van der Waals surface area contributed by atoms with E-state index in [1.54, 1.807) is 13.3 Å². The number of terminal acetylenes is 1. The number of nitrogens with zero attached hydrogens (tertiary/aromatic N) is 4. The van der Waals surface area contributed by atoms with E-state index in [2.05, 4.69) is 31.2 Å². The molecule has 1 fully saturated rings. The molecule has 0 aromatic carbocycles. The Labute approximate surface area is 113 Å². The molecule has 0 aliphatic carbocycles. The van der Waals surface area contributed by atoms with Gasteiger partial charge in [0.2, 0.25) is 0 Å². The van der Waals surface area contributed by atoms with Gasteiger partial charge in [-0.05, 0) is 0 Å². The van der Waals surface area contributed by atoms with E-state index in [0.717, 1.165) is 44.4 Å². The summed E-state index contributed by atoms with van der Waals surface area (Å²) in [7, 11) is 1.78. The molecule has 1 saturated heterocycles. The summed E-state index contributed by atoms with van der Waals surface area (Å²) in [6.45, 7) is 5.16. The molecule has 6 heteroatoms. The molecule has 1 aromatic heterocycles. The van der Waals surface area contributed by atoms with Crippen LogP contribution in [-0.4, -0.2) is 60.7 Å². The molecule has 0 unspecified atom stereocenters. The molecule has 19 heavy (non-hydrogen) atoms. The molecule has 0 spiro atoms. The largest absolute Gasteiger partial charge is 0.364 e. The number of nitrogens with one attached hydrogen (secondary N) is 1. The number of rotatable bonds is 3. The molecule has 6 nitrogen and oxygen atoms in total. The fourth-order valence-corrected chi connectivity index (χ4v) is 2.13. The van der Waals surface area contributed by atoms with Crippen LogP contribution in [0.3, 0.4) is 0 Å². The van der Waals surface area contributed by atoms with Crippen LogP contribution in [0.25, 0.3) is 0 Å². The normalized spacial score (nSPS) is 17.3. The molecule has 1 N–H and O–H groups in total. The lowest BCUT2D eigenvalue weighted by atomic mass is 10.3. The molecular formula is C13H19N5O. The molecule has 0 atom stereocenters. The van der Waals surface area contributed by atoms with Crippen molar-refractivity contribution in [1.29, 1.82) is 0 Å². The molecular weight excluding hydrogens is 242 g/mol. The van der Waals surface area contributed by atoms with Gasteiger partial charge in [-0.3, -0.25) is 9.89 Å². The van der Waals surface area contributed by atoms with Crippen molar-refractivity contribution in [2.75, 3.05) is 39.8 Å². The summed E-state index contributed by atoms with van der Waals surface area (Å²) in [5, 5.41) is 7.08. The number of hydrogen-bond acceptors (Lipinski definition) is 4. The monoisotopic (exact) mass is 261 g/mol. The standard InChI is InChI=1S/C13H19N5O/c1-3-5-15-13(14-2)18-8-6-17(7-9-18)11-12-4-10-19-16-12/h1,4,10H,5-9,11H2,2H3,(H,14,15). The Morgan fingerprint density at radius 1 is 1.53 bits per heavy atom. The van der Waals surface area contributed by atoms with Gasteiger partial charge < -0.3 is 14.7 Å². The van der Waals surface area contributed by atoms with Crippen molar-refractivity contribution in [3.8, 4) is 12.3 Å². The van der Waals surface area contributed by atoms with E-state index in [-0.39, 0.29) is 0 Å². The van der Waals surface area contributed by atoms with Crippen molar-refractivity contribution in [1.82, 2.24) is 20.3 Å². The highest BCUT2D eigenvalue weighted by atomic mass is 16.5. The van der Waals surface area contributed by atoms with Crippen LogP contribution < -0.4 is 5.32 Å². The quantitative estimate of drug-likeness (QED) is 0.471. The first-order chi connectivity index (χ1) is 9.33. The van der Waals surface area contributed by atoms with Crippen molar-refractivity contribution in [3.05, 3.63) is 18.0 Å². The zero-order valence-corrected chi connectivity index (χ0v) is 11.2. The Balaban J connectivity index is 1.80. The first-order valence-electron chi connectivity index (χ1n) is 6.34. The van der Waals surface area contributed by atoms with Crippen molar-refractivity contribution >= 4 is 5.96 Å². The summed E-state index contributed by atoms with van der Waals surface area (Å²) >= 11 is 0. The van der Waals surface area contributed by atoms with Gasteiger partial charge in [0.25, 0.3) is 0 Å². The summed E-state index contributed by atoms with van der Waals surface area (Å²) in [5.74, 6) is 3.44. The molecule has 2 rings (SSSR count). The Morgan fingerprint density at radius 3 is 2.89 bits per heavy atom. The summed E-state index contributed by atoms with van der Waals surface area (Å²) in [4.78, 5) is 8.81. The third-order valence-corrected chi connectivity index (χ3v) is 3.11. The fraction of sp³-hybridized carbons (Fsp3) is 0.538. The zero-order valence-electron chi connectivity index (χ0n) is 11.2. The van der Waals surface area contributed by atoms with Crippen LogP contribution in [0, 0.1) is 12.3 Å². The highest BCUT2D eigenvalue weighted by molar-refractivity contribution is 5.80. The molecule has 0 saturated carbocycles. The van der Waals surface area contributed by atoms with Gasteiger partial charge in [0.15, 0.2) is 5.96 Å². The van der Waals surface area contributed by atoms with Gasteiger partial charge in [-0.2, -0.15) is 0 Å². The van der Waals surface area contributed by atoms with Crippen LogP contribution >= 0.6 is 0 Å². The second-order valence-corrected chi connectivity index (χ2v) is 4.36. The zero-order chi connectivity index (χ0) is 13.5. The topological polar surface area (TPSA) is 56.9 Å². The van der Waals surface area contributed by atoms with Crippen molar-refractivity contribution < 1.29 is 4.52 Å². The maximum absolute atomic E-state index is 5.25. The lowest BCUT2D eigenvalue weighted by molar-refractivity contribution is 0.169. The SMILES string of the molecule is C#CCNC(=NC)N1CCN(Cc2ccon2)CC1. The first kappa shape index (κ1) is 13.4.